The molecule has 0 aromatic rings. The third-order valence-corrected chi connectivity index (χ3v) is 4.88. The molecule has 25 heavy (non-hydrogen) atoms. The average molecular weight is 469 g/mol. The number of hydrogen-bond acceptors (Lipinski definition) is 2. The van der Waals surface area contributed by atoms with Crippen molar-refractivity contribution in [1.82, 2.24) is 0 Å². The van der Waals surface area contributed by atoms with E-state index in [2.05, 4.69) is 13.0 Å². The lowest BCUT2D eigenvalue weighted by atomic mass is 10.0. The Morgan fingerprint density at radius 3 is 1.64 bits per heavy atom. The summed E-state index contributed by atoms with van der Waals surface area (Å²) in [5.74, 6) is 0. The third-order valence-electron chi connectivity index (χ3n) is 4.88. The molecule has 0 aliphatic heterocycles. The second kappa shape index (κ2) is 17.7. The van der Waals surface area contributed by atoms with Gasteiger partial charge in [-0.1, -0.05) is 83.3 Å². The zero-order valence-corrected chi connectivity index (χ0v) is 19.4. The second-order valence-corrected chi connectivity index (χ2v) is 8.11. The monoisotopic (exact) mass is 469 g/mol. The molecule has 0 rings (SSSR count). The molecule has 0 saturated heterocycles. The van der Waals surface area contributed by atoms with Gasteiger partial charge in [-0.2, -0.15) is 0 Å². The Labute approximate surface area is 174 Å². The van der Waals surface area contributed by atoms with Crippen LogP contribution in [0.2, 0.25) is 0 Å². The summed E-state index contributed by atoms with van der Waals surface area (Å²) in [5.41, 5.74) is 0. The number of quaternary nitrogens is 1. The normalized spacial score (nSPS) is 14.5. The number of unbranched alkanes of at least 4 members (excludes halogenated alkanes) is 11. The molecule has 0 aromatic carbocycles. The molecule has 2 unspecified atom stereocenters. The zero-order valence-electron chi connectivity index (χ0n) is 17.2. The standard InChI is InChI=1S/C21H44NO2.HI/c1-5-6-7-8-9-10-11-12-13-14-15-16-17-18-21(24)20(19-23)22(2,3)4;/h17-18,20-21,23-24H,5-16,19H2,1-4H3;1H/q+1;/p-1. The average Bonchev–Trinajstić information content (AvgIpc) is 2.51. The van der Waals surface area contributed by atoms with Crippen LogP contribution in [0.15, 0.2) is 12.2 Å². The van der Waals surface area contributed by atoms with Crippen LogP contribution >= 0.6 is 0 Å². The molecule has 0 aliphatic carbocycles. The molecule has 0 bridgehead atoms. The molecule has 0 radical (unpaired) electrons. The number of allylic oxidation sites excluding steroid dienone is 1. The van der Waals surface area contributed by atoms with Crippen LogP contribution in [0.5, 0.6) is 0 Å². The van der Waals surface area contributed by atoms with Gasteiger partial charge in [-0.15, -0.1) is 0 Å². The van der Waals surface area contributed by atoms with E-state index < -0.39 is 6.10 Å². The van der Waals surface area contributed by atoms with Crippen molar-refractivity contribution in [3.63, 3.8) is 0 Å². The quantitative estimate of drug-likeness (QED) is 0.156. The minimum Gasteiger partial charge on any atom is -1.00 e. The Balaban J connectivity index is 0. The fourth-order valence-electron chi connectivity index (χ4n) is 3.10. The van der Waals surface area contributed by atoms with E-state index in [1.54, 1.807) is 0 Å². The van der Waals surface area contributed by atoms with Gasteiger partial charge in [0.15, 0.2) is 0 Å². The first kappa shape index (κ1) is 27.6. The van der Waals surface area contributed by atoms with E-state index >= 15 is 0 Å². The summed E-state index contributed by atoms with van der Waals surface area (Å²) in [5, 5.41) is 19.6. The van der Waals surface area contributed by atoms with Gasteiger partial charge in [-0.05, 0) is 12.8 Å². The summed E-state index contributed by atoms with van der Waals surface area (Å²) in [7, 11) is 6.01. The van der Waals surface area contributed by atoms with E-state index in [9.17, 15) is 10.2 Å². The van der Waals surface area contributed by atoms with Crippen molar-refractivity contribution in [2.24, 2.45) is 0 Å². The smallest absolute Gasteiger partial charge is 0.142 e. The summed E-state index contributed by atoms with van der Waals surface area (Å²) >= 11 is 0. The van der Waals surface area contributed by atoms with Gasteiger partial charge in [-0.3, -0.25) is 0 Å². The molecule has 2 atom stereocenters. The van der Waals surface area contributed by atoms with Crippen LogP contribution in [-0.4, -0.2) is 54.6 Å². The van der Waals surface area contributed by atoms with Crippen LogP contribution in [0.25, 0.3) is 0 Å². The SMILES string of the molecule is CCCCCCCCCCCCCC=CC(O)C(CO)[N+](C)(C)C.[I-]. The Morgan fingerprint density at radius 1 is 0.800 bits per heavy atom. The molecule has 0 spiro atoms. The number of nitrogens with zero attached hydrogens (tertiary/aromatic N) is 1. The first-order valence-electron chi connectivity index (χ1n) is 10.2. The highest BCUT2D eigenvalue weighted by molar-refractivity contribution is 4.92. The van der Waals surface area contributed by atoms with Crippen molar-refractivity contribution in [1.29, 1.82) is 0 Å². The van der Waals surface area contributed by atoms with Gasteiger partial charge in [0, 0.05) is 0 Å². The lowest BCUT2D eigenvalue weighted by molar-refractivity contribution is -0.899. The van der Waals surface area contributed by atoms with Gasteiger partial charge in [0.25, 0.3) is 0 Å². The Hall–Kier alpha value is 0.350. The maximum Gasteiger partial charge on any atom is 0.142 e. The first-order chi connectivity index (χ1) is 11.4. The maximum absolute atomic E-state index is 10.2. The largest absolute Gasteiger partial charge is 1.00 e. The van der Waals surface area contributed by atoms with Crippen LogP contribution in [-0.2, 0) is 0 Å². The molecule has 2 N–H and O–H groups in total. The number of hydrogen-bond donors (Lipinski definition) is 2. The molecule has 0 amide bonds. The molecule has 0 aliphatic rings. The van der Waals surface area contributed by atoms with E-state index in [4.69, 9.17) is 0 Å². The van der Waals surface area contributed by atoms with Gasteiger partial charge in [0.05, 0.1) is 27.7 Å². The number of aliphatic hydroxyl groups excluding tert-OH is 2. The minimum absolute atomic E-state index is 0. The highest BCUT2D eigenvalue weighted by Crippen LogP contribution is 2.13. The van der Waals surface area contributed by atoms with Gasteiger partial charge in [-0.25, -0.2) is 0 Å². The number of rotatable bonds is 16. The van der Waals surface area contributed by atoms with E-state index in [0.29, 0.717) is 4.48 Å². The topological polar surface area (TPSA) is 40.5 Å². The van der Waals surface area contributed by atoms with Crippen LogP contribution in [0.1, 0.15) is 84.0 Å². The molecular formula is C21H44INO2. The van der Waals surface area contributed by atoms with E-state index in [-0.39, 0.29) is 36.6 Å². The van der Waals surface area contributed by atoms with Crippen molar-refractivity contribution in [3.05, 3.63) is 12.2 Å². The summed E-state index contributed by atoms with van der Waals surface area (Å²) < 4.78 is 0.570. The van der Waals surface area contributed by atoms with E-state index in [1.165, 1.54) is 70.6 Å². The summed E-state index contributed by atoms with van der Waals surface area (Å²) in [6.07, 6.45) is 19.4. The molecule has 0 saturated carbocycles. The zero-order chi connectivity index (χ0) is 18.3. The maximum atomic E-state index is 10.2. The Kier molecular flexibility index (Phi) is 19.6. The molecule has 3 nitrogen and oxygen atoms in total. The molecular weight excluding hydrogens is 425 g/mol. The van der Waals surface area contributed by atoms with Gasteiger partial charge < -0.3 is 38.7 Å². The summed E-state index contributed by atoms with van der Waals surface area (Å²) in [4.78, 5) is 0. The predicted molar refractivity (Wildman–Crippen MR) is 105 cm³/mol. The fourth-order valence-corrected chi connectivity index (χ4v) is 3.10. The van der Waals surface area contributed by atoms with Crippen LogP contribution in [0.4, 0.5) is 0 Å². The highest BCUT2D eigenvalue weighted by atomic mass is 127. The second-order valence-electron chi connectivity index (χ2n) is 8.11. The van der Waals surface area contributed by atoms with Gasteiger partial charge >= 0.3 is 0 Å². The molecule has 0 aromatic heterocycles. The fraction of sp³-hybridized carbons (Fsp3) is 0.905. The number of halogens is 1. The van der Waals surface area contributed by atoms with Crippen molar-refractivity contribution in [2.75, 3.05) is 27.7 Å². The Morgan fingerprint density at radius 2 is 1.24 bits per heavy atom. The van der Waals surface area contributed by atoms with E-state index in [1.807, 2.05) is 27.2 Å². The summed E-state index contributed by atoms with van der Waals surface area (Å²) in [6.45, 7) is 2.28. The molecule has 0 heterocycles. The molecule has 152 valence electrons. The Bertz CT molecular complexity index is 303. The van der Waals surface area contributed by atoms with Crippen LogP contribution in [0, 0.1) is 0 Å². The minimum atomic E-state index is -0.567. The van der Waals surface area contributed by atoms with Crippen molar-refractivity contribution in [3.8, 4) is 0 Å². The van der Waals surface area contributed by atoms with Crippen LogP contribution in [0.3, 0.4) is 0 Å². The summed E-state index contributed by atoms with van der Waals surface area (Å²) in [6, 6.07) is -0.154. The molecule has 4 heteroatoms. The lowest BCUT2D eigenvalue weighted by Crippen LogP contribution is -3.00. The molecule has 0 fully saturated rings. The number of aliphatic hydroxyl groups is 2. The van der Waals surface area contributed by atoms with Gasteiger partial charge in [0.2, 0.25) is 0 Å². The van der Waals surface area contributed by atoms with Crippen LogP contribution < -0.4 is 24.0 Å². The van der Waals surface area contributed by atoms with Gasteiger partial charge in [0.1, 0.15) is 12.1 Å². The van der Waals surface area contributed by atoms with Crippen molar-refractivity contribution in [2.45, 2.75) is 96.1 Å². The van der Waals surface area contributed by atoms with Crippen molar-refractivity contribution >= 4 is 0 Å². The van der Waals surface area contributed by atoms with Crippen molar-refractivity contribution < 1.29 is 38.7 Å². The first-order valence-corrected chi connectivity index (χ1v) is 10.2. The third kappa shape index (κ3) is 16.3. The van der Waals surface area contributed by atoms with E-state index in [0.717, 1.165) is 6.42 Å². The number of likely N-dealkylation sites (N-methyl/N-ethyl adjacent to an activating group) is 1. The highest BCUT2D eigenvalue weighted by Gasteiger charge is 2.28. The predicted octanol–water partition coefficient (Wildman–Crippen LogP) is 1.68. The lowest BCUT2D eigenvalue weighted by Gasteiger charge is -2.34.